The van der Waals surface area contributed by atoms with Gasteiger partial charge in [-0.3, -0.25) is 19.7 Å². The van der Waals surface area contributed by atoms with Gasteiger partial charge >= 0.3 is 0 Å². The summed E-state index contributed by atoms with van der Waals surface area (Å²) in [5, 5.41) is 5.03. The highest BCUT2D eigenvalue weighted by atomic mass is 16.2. The molecule has 0 heterocycles. The van der Waals surface area contributed by atoms with Gasteiger partial charge in [-0.05, 0) is 24.7 Å². The summed E-state index contributed by atoms with van der Waals surface area (Å²) in [7, 11) is 0. The topological polar surface area (TPSA) is 75.3 Å². The minimum atomic E-state index is -0.284. The van der Waals surface area contributed by atoms with Crippen LogP contribution in [0.3, 0.4) is 0 Å². The van der Waals surface area contributed by atoms with Gasteiger partial charge in [-0.1, -0.05) is 34.6 Å². The lowest BCUT2D eigenvalue weighted by Gasteiger charge is -2.17. The van der Waals surface area contributed by atoms with Crippen LogP contribution < -0.4 is 10.6 Å². The smallest absolute Gasteiger partial charge is 0.226 e. The second-order valence-electron chi connectivity index (χ2n) is 6.26. The first-order valence-corrected chi connectivity index (χ1v) is 7.69. The molecular weight excluding hydrogens is 268 g/mol. The second kappa shape index (κ2) is 12.4. The molecule has 0 saturated carbocycles. The molecule has 0 aromatic carbocycles. The largest absolute Gasteiger partial charge is 0.356 e. The average Bonchev–Trinajstić information content (AvgIpc) is 2.33. The van der Waals surface area contributed by atoms with E-state index in [1.165, 1.54) is 6.92 Å². The quantitative estimate of drug-likeness (QED) is 0.792. The Morgan fingerprint density at radius 2 is 1.48 bits per heavy atom. The molecule has 0 bridgehead atoms. The van der Waals surface area contributed by atoms with Crippen molar-refractivity contribution < 1.29 is 14.4 Å². The maximum atomic E-state index is 11.1. The van der Waals surface area contributed by atoms with Crippen molar-refractivity contribution in [2.24, 2.45) is 5.41 Å². The van der Waals surface area contributed by atoms with Gasteiger partial charge in [0.25, 0.3) is 0 Å². The zero-order valence-electron chi connectivity index (χ0n) is 14.5. The molecule has 0 saturated heterocycles. The highest BCUT2D eigenvalue weighted by Gasteiger charge is 2.12. The van der Waals surface area contributed by atoms with Crippen LogP contribution in [0.4, 0.5) is 0 Å². The van der Waals surface area contributed by atoms with Crippen LogP contribution in [0.1, 0.15) is 73.6 Å². The molecule has 0 aliphatic heterocycles. The van der Waals surface area contributed by atoms with Crippen LogP contribution >= 0.6 is 0 Å². The van der Waals surface area contributed by atoms with E-state index in [0.29, 0.717) is 12.8 Å². The minimum absolute atomic E-state index is 0.187. The molecule has 0 radical (unpaired) electrons. The fourth-order valence-corrected chi connectivity index (χ4v) is 1.33. The Labute approximate surface area is 129 Å². The molecule has 21 heavy (non-hydrogen) atoms. The van der Waals surface area contributed by atoms with E-state index in [1.807, 2.05) is 6.92 Å². The first-order valence-electron chi connectivity index (χ1n) is 7.69. The molecule has 5 heteroatoms. The van der Waals surface area contributed by atoms with Crippen molar-refractivity contribution in [3.8, 4) is 0 Å². The molecule has 124 valence electrons. The predicted octanol–water partition coefficient (Wildman–Crippen LogP) is 2.79. The number of rotatable bonds is 6. The summed E-state index contributed by atoms with van der Waals surface area (Å²) in [6.07, 6.45) is 3.84. The Morgan fingerprint density at radius 3 is 1.86 bits per heavy atom. The van der Waals surface area contributed by atoms with Crippen LogP contribution in [0.5, 0.6) is 0 Å². The van der Waals surface area contributed by atoms with E-state index in [4.69, 9.17) is 0 Å². The number of carbonyl (C=O) groups excluding carboxylic acids is 3. The summed E-state index contributed by atoms with van der Waals surface area (Å²) in [5.74, 6) is -0.287. The van der Waals surface area contributed by atoms with E-state index >= 15 is 0 Å². The van der Waals surface area contributed by atoms with Crippen LogP contribution in [0.15, 0.2) is 0 Å². The highest BCUT2D eigenvalue weighted by Crippen LogP contribution is 2.19. The summed E-state index contributed by atoms with van der Waals surface area (Å²) in [4.78, 5) is 31.9. The highest BCUT2D eigenvalue weighted by molar-refractivity contribution is 5.93. The maximum absolute atomic E-state index is 11.1. The SMILES string of the molecule is CCCC(=O)NC(C)=O.CCCNC(=O)CCC(C)(C)C. The molecule has 0 unspecified atom stereocenters. The second-order valence-corrected chi connectivity index (χ2v) is 6.26. The number of amides is 3. The molecule has 0 aromatic rings. The molecule has 2 N–H and O–H groups in total. The van der Waals surface area contributed by atoms with Gasteiger partial charge in [0.2, 0.25) is 17.7 Å². The summed E-state index contributed by atoms with van der Waals surface area (Å²) in [5.41, 5.74) is 0.267. The fourth-order valence-electron chi connectivity index (χ4n) is 1.33. The Bertz CT molecular complexity index is 320. The molecule has 0 spiro atoms. The minimum Gasteiger partial charge on any atom is -0.356 e. The Hall–Kier alpha value is -1.39. The van der Waals surface area contributed by atoms with Crippen molar-refractivity contribution >= 4 is 17.7 Å². The molecule has 0 rings (SSSR count). The number of nitrogens with one attached hydrogen (secondary N) is 2. The van der Waals surface area contributed by atoms with E-state index in [-0.39, 0.29) is 23.1 Å². The Balaban J connectivity index is 0. The number of carbonyl (C=O) groups is 3. The van der Waals surface area contributed by atoms with Gasteiger partial charge in [0.1, 0.15) is 0 Å². The Morgan fingerprint density at radius 1 is 0.905 bits per heavy atom. The van der Waals surface area contributed by atoms with Crippen LogP contribution in [-0.2, 0) is 14.4 Å². The average molecular weight is 300 g/mol. The van der Waals surface area contributed by atoms with Crippen molar-refractivity contribution in [2.45, 2.75) is 73.6 Å². The van der Waals surface area contributed by atoms with Crippen molar-refractivity contribution in [1.82, 2.24) is 10.6 Å². The van der Waals surface area contributed by atoms with Crippen molar-refractivity contribution in [1.29, 1.82) is 0 Å². The van der Waals surface area contributed by atoms with Gasteiger partial charge < -0.3 is 5.32 Å². The van der Waals surface area contributed by atoms with Crippen molar-refractivity contribution in [2.75, 3.05) is 6.54 Å². The van der Waals surface area contributed by atoms with E-state index in [9.17, 15) is 14.4 Å². The molecule has 0 aliphatic rings. The lowest BCUT2D eigenvalue weighted by Crippen LogP contribution is -2.27. The summed E-state index contributed by atoms with van der Waals surface area (Å²) in [6.45, 7) is 12.5. The lowest BCUT2D eigenvalue weighted by atomic mass is 9.90. The molecular formula is C16H32N2O3. The van der Waals surface area contributed by atoms with Crippen LogP contribution in [-0.4, -0.2) is 24.3 Å². The molecule has 0 atom stereocenters. The lowest BCUT2D eigenvalue weighted by molar-refractivity contribution is -0.129. The van der Waals surface area contributed by atoms with Crippen molar-refractivity contribution in [3.63, 3.8) is 0 Å². The Kier molecular flexibility index (Phi) is 12.9. The van der Waals surface area contributed by atoms with Gasteiger partial charge in [-0.15, -0.1) is 0 Å². The normalized spacial score (nSPS) is 10.2. The van der Waals surface area contributed by atoms with E-state index in [1.54, 1.807) is 0 Å². The summed E-state index contributed by atoms with van der Waals surface area (Å²) < 4.78 is 0. The van der Waals surface area contributed by atoms with E-state index < -0.39 is 0 Å². The third-order valence-electron chi connectivity index (χ3n) is 2.47. The summed E-state index contributed by atoms with van der Waals surface area (Å²) in [6, 6.07) is 0. The van der Waals surface area contributed by atoms with Gasteiger partial charge in [-0.25, -0.2) is 0 Å². The predicted molar refractivity (Wildman–Crippen MR) is 85.7 cm³/mol. The van der Waals surface area contributed by atoms with Crippen molar-refractivity contribution in [3.05, 3.63) is 0 Å². The number of hydrogen-bond donors (Lipinski definition) is 2. The third-order valence-corrected chi connectivity index (χ3v) is 2.47. The molecule has 0 aromatic heterocycles. The fraction of sp³-hybridized carbons (Fsp3) is 0.812. The monoisotopic (exact) mass is 300 g/mol. The molecule has 5 nitrogen and oxygen atoms in total. The third kappa shape index (κ3) is 21.1. The number of hydrogen-bond acceptors (Lipinski definition) is 3. The van der Waals surface area contributed by atoms with E-state index in [0.717, 1.165) is 25.8 Å². The standard InChI is InChI=1S/C10H21NO.C6H11NO2/c1-5-8-11-9(12)6-7-10(2,3)4;1-3-4-6(9)7-5(2)8/h5-8H2,1-4H3,(H,11,12);3-4H2,1-2H3,(H,7,8,9). The van der Waals surface area contributed by atoms with E-state index in [2.05, 4.69) is 38.3 Å². The number of imide groups is 1. The first kappa shape index (κ1) is 21.9. The zero-order chi connectivity index (χ0) is 16.9. The first-order chi connectivity index (χ1) is 9.62. The molecule has 3 amide bonds. The van der Waals surface area contributed by atoms with Gasteiger partial charge in [0, 0.05) is 26.3 Å². The van der Waals surface area contributed by atoms with Gasteiger partial charge in [-0.2, -0.15) is 0 Å². The zero-order valence-corrected chi connectivity index (χ0v) is 14.5. The van der Waals surface area contributed by atoms with Crippen LogP contribution in [0.25, 0.3) is 0 Å². The van der Waals surface area contributed by atoms with Crippen LogP contribution in [0, 0.1) is 5.41 Å². The maximum Gasteiger partial charge on any atom is 0.226 e. The molecule has 0 fully saturated rings. The summed E-state index contributed by atoms with van der Waals surface area (Å²) >= 11 is 0. The van der Waals surface area contributed by atoms with Gasteiger partial charge in [0.05, 0.1) is 0 Å². The molecule has 0 aliphatic carbocycles. The van der Waals surface area contributed by atoms with Gasteiger partial charge in [0.15, 0.2) is 0 Å². The van der Waals surface area contributed by atoms with Crippen LogP contribution in [0.2, 0.25) is 0 Å².